The Labute approximate surface area is 134 Å². The first-order valence-corrected chi connectivity index (χ1v) is 8.33. The van der Waals surface area contributed by atoms with E-state index in [1.807, 2.05) is 13.2 Å². The lowest BCUT2D eigenvalue weighted by molar-refractivity contribution is -0.142. The van der Waals surface area contributed by atoms with Gasteiger partial charge in [0.15, 0.2) is 6.61 Å². The fourth-order valence-electron chi connectivity index (χ4n) is 1.68. The zero-order valence-electron chi connectivity index (χ0n) is 12.7. The van der Waals surface area contributed by atoms with Gasteiger partial charge in [-0.05, 0) is 49.6 Å². The van der Waals surface area contributed by atoms with E-state index in [4.69, 9.17) is 14.6 Å². The summed E-state index contributed by atoms with van der Waals surface area (Å²) in [5.74, 6) is 0.416. The number of carbonyl (C=O) groups is 2. The van der Waals surface area contributed by atoms with Gasteiger partial charge in [0.1, 0.15) is 17.5 Å². The predicted molar refractivity (Wildman–Crippen MR) is 85.7 cm³/mol. The third-order valence-electron chi connectivity index (χ3n) is 2.75. The van der Waals surface area contributed by atoms with Crippen molar-refractivity contribution in [2.45, 2.75) is 19.4 Å². The number of hydrogen-bond acceptors (Lipinski definition) is 5. The lowest BCUT2D eigenvalue weighted by Crippen LogP contribution is -2.43. The standard InChI is InChI=1S/C15H21NO5S/c1-3-20-11-4-6-12(7-5-11)21-10-14(17)16-13(15(18)19)8-9-22-2/h4-7,13H,3,8-10H2,1-2H3,(H,16,17)(H,18,19). The van der Waals surface area contributed by atoms with Gasteiger partial charge in [-0.2, -0.15) is 11.8 Å². The van der Waals surface area contributed by atoms with Crippen molar-refractivity contribution < 1.29 is 24.2 Å². The molecule has 1 atom stereocenters. The molecule has 0 saturated heterocycles. The van der Waals surface area contributed by atoms with Crippen molar-refractivity contribution in [3.05, 3.63) is 24.3 Å². The van der Waals surface area contributed by atoms with Gasteiger partial charge in [-0.15, -0.1) is 0 Å². The molecule has 0 radical (unpaired) electrons. The van der Waals surface area contributed by atoms with Gasteiger partial charge in [0.05, 0.1) is 6.61 Å². The van der Waals surface area contributed by atoms with Crippen LogP contribution in [0.4, 0.5) is 0 Å². The van der Waals surface area contributed by atoms with Gasteiger partial charge in [-0.1, -0.05) is 0 Å². The van der Waals surface area contributed by atoms with Crippen LogP contribution in [0.2, 0.25) is 0 Å². The second-order valence-corrected chi connectivity index (χ2v) is 5.42. The van der Waals surface area contributed by atoms with Gasteiger partial charge in [-0.3, -0.25) is 4.79 Å². The molecular formula is C15H21NO5S. The van der Waals surface area contributed by atoms with Crippen LogP contribution in [0.3, 0.4) is 0 Å². The monoisotopic (exact) mass is 327 g/mol. The molecule has 2 N–H and O–H groups in total. The highest BCUT2D eigenvalue weighted by Crippen LogP contribution is 2.17. The van der Waals surface area contributed by atoms with Crippen molar-refractivity contribution in [1.82, 2.24) is 5.32 Å². The molecule has 1 rings (SSSR count). The number of carboxylic acid groups (broad SMARTS) is 1. The number of ether oxygens (including phenoxy) is 2. The van der Waals surface area contributed by atoms with E-state index in [2.05, 4.69) is 5.32 Å². The number of amides is 1. The molecule has 0 heterocycles. The van der Waals surface area contributed by atoms with Crippen LogP contribution in [0.5, 0.6) is 11.5 Å². The largest absolute Gasteiger partial charge is 0.494 e. The highest BCUT2D eigenvalue weighted by molar-refractivity contribution is 7.98. The molecule has 0 aliphatic rings. The third kappa shape index (κ3) is 6.71. The molecule has 0 fully saturated rings. The van der Waals surface area contributed by atoms with Crippen molar-refractivity contribution >= 4 is 23.6 Å². The summed E-state index contributed by atoms with van der Waals surface area (Å²) in [4.78, 5) is 22.8. The molecule has 1 amide bonds. The summed E-state index contributed by atoms with van der Waals surface area (Å²) in [6, 6.07) is 6.00. The number of aliphatic carboxylic acids is 1. The molecule has 0 aromatic heterocycles. The number of nitrogens with one attached hydrogen (secondary N) is 1. The van der Waals surface area contributed by atoms with E-state index in [0.29, 0.717) is 24.5 Å². The summed E-state index contributed by atoms with van der Waals surface area (Å²) in [5.41, 5.74) is 0. The maximum Gasteiger partial charge on any atom is 0.326 e. The molecule has 122 valence electrons. The van der Waals surface area contributed by atoms with E-state index >= 15 is 0 Å². The first kappa shape index (κ1) is 18.2. The molecule has 22 heavy (non-hydrogen) atoms. The van der Waals surface area contributed by atoms with Crippen molar-refractivity contribution in [3.8, 4) is 11.5 Å². The number of rotatable bonds is 10. The Morgan fingerprint density at radius 3 is 2.32 bits per heavy atom. The highest BCUT2D eigenvalue weighted by atomic mass is 32.2. The van der Waals surface area contributed by atoms with E-state index in [-0.39, 0.29) is 6.61 Å². The van der Waals surface area contributed by atoms with Gasteiger partial charge in [0.25, 0.3) is 5.91 Å². The molecule has 0 spiro atoms. The molecule has 7 heteroatoms. The number of carboxylic acids is 1. The Bertz CT molecular complexity index is 477. The molecule has 6 nitrogen and oxygen atoms in total. The third-order valence-corrected chi connectivity index (χ3v) is 3.39. The molecule has 0 aliphatic carbocycles. The van der Waals surface area contributed by atoms with Crippen LogP contribution in [-0.4, -0.2) is 48.2 Å². The fraction of sp³-hybridized carbons (Fsp3) is 0.467. The van der Waals surface area contributed by atoms with Crippen LogP contribution in [0.15, 0.2) is 24.3 Å². The summed E-state index contributed by atoms with van der Waals surface area (Å²) in [6.07, 6.45) is 2.26. The van der Waals surface area contributed by atoms with Crippen LogP contribution in [-0.2, 0) is 9.59 Å². The fourth-order valence-corrected chi connectivity index (χ4v) is 2.15. The minimum atomic E-state index is -1.04. The first-order chi connectivity index (χ1) is 10.6. The highest BCUT2D eigenvalue weighted by Gasteiger charge is 2.19. The Morgan fingerprint density at radius 1 is 1.23 bits per heavy atom. The lowest BCUT2D eigenvalue weighted by Gasteiger charge is -2.14. The van der Waals surface area contributed by atoms with E-state index < -0.39 is 17.9 Å². The first-order valence-electron chi connectivity index (χ1n) is 6.93. The number of carbonyl (C=O) groups excluding carboxylic acids is 1. The summed E-state index contributed by atoms with van der Waals surface area (Å²) < 4.78 is 10.6. The number of hydrogen-bond donors (Lipinski definition) is 2. The average molecular weight is 327 g/mol. The van der Waals surface area contributed by atoms with Crippen LogP contribution in [0.1, 0.15) is 13.3 Å². The SMILES string of the molecule is CCOc1ccc(OCC(=O)NC(CCSC)C(=O)O)cc1. The maximum atomic E-state index is 11.7. The predicted octanol–water partition coefficient (Wildman–Crippen LogP) is 1.79. The summed E-state index contributed by atoms with van der Waals surface area (Å²) >= 11 is 1.53. The van der Waals surface area contributed by atoms with Crippen LogP contribution < -0.4 is 14.8 Å². The van der Waals surface area contributed by atoms with Crippen LogP contribution >= 0.6 is 11.8 Å². The smallest absolute Gasteiger partial charge is 0.326 e. The Kier molecular flexibility index (Phi) is 8.21. The van der Waals surface area contributed by atoms with E-state index in [1.165, 1.54) is 11.8 Å². The van der Waals surface area contributed by atoms with Crippen molar-refractivity contribution in [2.75, 3.05) is 25.2 Å². The molecule has 0 saturated carbocycles. The molecule has 1 unspecified atom stereocenters. The van der Waals surface area contributed by atoms with Crippen molar-refractivity contribution in [1.29, 1.82) is 0 Å². The minimum absolute atomic E-state index is 0.225. The Hall–Kier alpha value is -1.89. The van der Waals surface area contributed by atoms with Gasteiger partial charge in [0, 0.05) is 0 Å². The van der Waals surface area contributed by atoms with Crippen LogP contribution in [0.25, 0.3) is 0 Å². The zero-order chi connectivity index (χ0) is 16.4. The lowest BCUT2D eigenvalue weighted by atomic mass is 10.2. The van der Waals surface area contributed by atoms with Gasteiger partial charge < -0.3 is 19.9 Å². The maximum absolute atomic E-state index is 11.7. The topological polar surface area (TPSA) is 84.9 Å². The molecule has 1 aromatic carbocycles. The molecule has 0 bridgehead atoms. The van der Waals surface area contributed by atoms with Gasteiger partial charge >= 0.3 is 5.97 Å². The Morgan fingerprint density at radius 2 is 1.82 bits per heavy atom. The van der Waals surface area contributed by atoms with E-state index in [1.54, 1.807) is 24.3 Å². The zero-order valence-corrected chi connectivity index (χ0v) is 13.5. The van der Waals surface area contributed by atoms with Gasteiger partial charge in [-0.25, -0.2) is 4.79 Å². The second kappa shape index (κ2) is 9.94. The molecule has 1 aromatic rings. The van der Waals surface area contributed by atoms with Crippen molar-refractivity contribution in [2.24, 2.45) is 0 Å². The van der Waals surface area contributed by atoms with Crippen LogP contribution in [0, 0.1) is 0 Å². The normalized spacial score (nSPS) is 11.5. The number of benzene rings is 1. The van der Waals surface area contributed by atoms with E-state index in [9.17, 15) is 9.59 Å². The molecular weight excluding hydrogens is 306 g/mol. The van der Waals surface area contributed by atoms with Gasteiger partial charge in [0.2, 0.25) is 0 Å². The summed E-state index contributed by atoms with van der Waals surface area (Å²) in [6.45, 7) is 2.25. The Balaban J connectivity index is 2.42. The summed E-state index contributed by atoms with van der Waals surface area (Å²) in [7, 11) is 0. The van der Waals surface area contributed by atoms with Crippen molar-refractivity contribution in [3.63, 3.8) is 0 Å². The minimum Gasteiger partial charge on any atom is -0.494 e. The number of thioether (sulfide) groups is 1. The quantitative estimate of drug-likeness (QED) is 0.681. The second-order valence-electron chi connectivity index (χ2n) is 4.43. The van der Waals surface area contributed by atoms with E-state index in [0.717, 1.165) is 5.75 Å². The molecule has 0 aliphatic heterocycles. The average Bonchev–Trinajstić information content (AvgIpc) is 2.50. The summed E-state index contributed by atoms with van der Waals surface area (Å²) in [5, 5.41) is 11.5.